The zero-order chi connectivity index (χ0) is 24.6. The first-order valence-electron chi connectivity index (χ1n) is 14.3. The second kappa shape index (κ2) is 11.1. The topological polar surface area (TPSA) is 15.3 Å². The van der Waals surface area contributed by atoms with E-state index in [4.69, 9.17) is 23.2 Å². The molecular weight excluding hydrogens is 490 g/mol. The van der Waals surface area contributed by atoms with E-state index in [0.29, 0.717) is 5.66 Å². The summed E-state index contributed by atoms with van der Waals surface area (Å²) in [6.45, 7) is 8.79. The molecule has 1 unspecified atom stereocenters. The normalized spacial score (nSPS) is 28.5. The molecule has 5 rings (SSSR count). The molecule has 1 atom stereocenters. The third kappa shape index (κ3) is 5.71. The van der Waals surface area contributed by atoms with Gasteiger partial charge in [-0.25, -0.2) is 0 Å². The average molecular weight is 536 g/mol. The van der Waals surface area contributed by atoms with E-state index in [1.807, 2.05) is 0 Å². The average Bonchev–Trinajstić information content (AvgIpc) is 3.30. The van der Waals surface area contributed by atoms with Gasteiger partial charge in [0.25, 0.3) is 0 Å². The zero-order valence-corrected chi connectivity index (χ0v) is 24.5. The molecule has 4 fully saturated rings. The summed E-state index contributed by atoms with van der Waals surface area (Å²) in [6.07, 6.45) is 17.4. The summed E-state index contributed by atoms with van der Waals surface area (Å²) < 4.78 is -0.633. The van der Waals surface area contributed by atoms with Crippen LogP contribution in [0.2, 0.25) is 0 Å². The van der Waals surface area contributed by atoms with E-state index in [9.17, 15) is 0 Å². The third-order valence-corrected chi connectivity index (χ3v) is 13.7. The summed E-state index contributed by atoms with van der Waals surface area (Å²) in [5.74, 6) is 1.36. The molecule has 0 spiro atoms. The molecule has 1 aromatic carbocycles. The Hall–Kier alpha value is -0.430. The molecule has 0 amide bonds. The van der Waals surface area contributed by atoms with Gasteiger partial charge in [-0.2, -0.15) is 0 Å². The number of nitrogens with zero attached hydrogens (tertiary/aromatic N) is 1. The van der Waals surface area contributed by atoms with Gasteiger partial charge in [0.2, 0.25) is 0 Å². The van der Waals surface area contributed by atoms with E-state index in [-0.39, 0.29) is 7.92 Å². The number of anilines is 1. The highest BCUT2D eigenvalue weighted by molar-refractivity contribution is 7.60. The molecule has 1 saturated heterocycles. The summed E-state index contributed by atoms with van der Waals surface area (Å²) in [7, 11) is -0.0623. The highest BCUT2D eigenvalue weighted by Gasteiger charge is 2.45. The molecular formula is C30H45Cl2N2P. The first-order valence-corrected chi connectivity index (χ1v) is 16.6. The third-order valence-electron chi connectivity index (χ3n) is 9.09. The van der Waals surface area contributed by atoms with Gasteiger partial charge in [-0.1, -0.05) is 64.1 Å². The molecule has 0 radical (unpaired) electrons. The van der Waals surface area contributed by atoms with E-state index in [1.54, 1.807) is 5.57 Å². The highest BCUT2D eigenvalue weighted by Crippen LogP contribution is 2.64. The van der Waals surface area contributed by atoms with Crippen molar-refractivity contribution < 1.29 is 0 Å². The smallest absolute Gasteiger partial charge is 0.122 e. The van der Waals surface area contributed by atoms with Gasteiger partial charge in [0, 0.05) is 30.9 Å². The molecule has 3 aliphatic carbocycles. The van der Waals surface area contributed by atoms with E-state index in [2.05, 4.69) is 43.1 Å². The van der Waals surface area contributed by atoms with Crippen LogP contribution in [0.1, 0.15) is 100 Å². The molecule has 2 nitrogen and oxygen atoms in total. The monoisotopic (exact) mass is 534 g/mol. The van der Waals surface area contributed by atoms with Crippen LogP contribution in [0.3, 0.4) is 0 Å². The fraction of sp³-hybridized carbons (Fsp3) is 0.733. The SMILES string of the molecule is Cc1cc(C)c(N2CCNC2=C2CC(Cl)(Cl)CCC2P(C2CCCCC2)C2CCCCC2)c(C)c1. The van der Waals surface area contributed by atoms with E-state index in [1.165, 1.54) is 98.8 Å². The molecule has 4 aliphatic rings. The second-order valence-electron chi connectivity index (χ2n) is 11.8. The Bertz CT molecular complexity index is 889. The molecule has 0 bridgehead atoms. The molecule has 1 N–H and O–H groups in total. The second-order valence-corrected chi connectivity index (χ2v) is 16.4. The highest BCUT2D eigenvalue weighted by atomic mass is 35.5. The standard InChI is InChI=1S/C30H45Cl2N2P/c1-21-18-22(2)28(23(3)19-21)34-17-16-33-29(34)26-20-30(31,32)15-14-27(26)35(24-10-6-4-7-11-24)25-12-8-5-9-13-25/h18-19,24-25,27,33H,4-17,20H2,1-3H3. The Labute approximate surface area is 225 Å². The first-order chi connectivity index (χ1) is 16.8. The van der Waals surface area contributed by atoms with Crippen LogP contribution in [0.5, 0.6) is 0 Å². The van der Waals surface area contributed by atoms with Gasteiger partial charge in [-0.05, 0) is 87.3 Å². The number of allylic oxidation sites excluding steroid dienone is 1. The van der Waals surface area contributed by atoms with Crippen molar-refractivity contribution in [3.63, 3.8) is 0 Å². The lowest BCUT2D eigenvalue weighted by molar-refractivity contribution is 0.474. The van der Waals surface area contributed by atoms with Crippen LogP contribution < -0.4 is 10.2 Å². The van der Waals surface area contributed by atoms with Gasteiger partial charge in [0.15, 0.2) is 0 Å². The summed E-state index contributed by atoms with van der Waals surface area (Å²) >= 11 is 13.9. The predicted octanol–water partition coefficient (Wildman–Crippen LogP) is 9.11. The minimum absolute atomic E-state index is 0.0623. The van der Waals surface area contributed by atoms with E-state index in [0.717, 1.165) is 37.2 Å². The number of alkyl halides is 2. The largest absolute Gasteiger partial charge is 0.370 e. The Morgan fingerprint density at radius 1 is 0.857 bits per heavy atom. The van der Waals surface area contributed by atoms with Gasteiger partial charge in [-0.15, -0.1) is 23.2 Å². The summed E-state index contributed by atoms with van der Waals surface area (Å²) in [6, 6.07) is 4.68. The molecule has 5 heteroatoms. The number of aryl methyl sites for hydroxylation is 3. The molecule has 3 saturated carbocycles. The fourth-order valence-electron chi connectivity index (χ4n) is 7.74. The molecule has 1 heterocycles. The van der Waals surface area contributed by atoms with Crippen molar-refractivity contribution in [3.05, 3.63) is 40.2 Å². The van der Waals surface area contributed by atoms with Crippen LogP contribution in [-0.2, 0) is 0 Å². The Balaban J connectivity index is 1.58. The lowest BCUT2D eigenvalue weighted by Gasteiger charge is -2.47. The number of rotatable bonds is 4. The van der Waals surface area contributed by atoms with Gasteiger partial charge >= 0.3 is 0 Å². The minimum Gasteiger partial charge on any atom is -0.370 e. The van der Waals surface area contributed by atoms with Crippen LogP contribution >= 0.6 is 31.1 Å². The van der Waals surface area contributed by atoms with Crippen LogP contribution in [-0.4, -0.2) is 34.4 Å². The minimum atomic E-state index is -0.633. The maximum Gasteiger partial charge on any atom is 0.122 e. The van der Waals surface area contributed by atoms with Crippen molar-refractivity contribution in [2.45, 2.75) is 126 Å². The van der Waals surface area contributed by atoms with Crippen molar-refractivity contribution in [1.82, 2.24) is 5.32 Å². The van der Waals surface area contributed by atoms with Crippen molar-refractivity contribution in [1.29, 1.82) is 0 Å². The molecule has 1 aliphatic heterocycles. The number of hydrogen-bond acceptors (Lipinski definition) is 2. The first kappa shape index (κ1) is 26.2. The number of benzene rings is 1. The predicted molar refractivity (Wildman–Crippen MR) is 156 cm³/mol. The molecule has 194 valence electrons. The van der Waals surface area contributed by atoms with Crippen LogP contribution in [0, 0.1) is 20.8 Å². The van der Waals surface area contributed by atoms with Gasteiger partial charge < -0.3 is 10.2 Å². The quantitative estimate of drug-likeness (QED) is 0.306. The summed E-state index contributed by atoms with van der Waals surface area (Å²) in [5.41, 5.74) is 9.62. The van der Waals surface area contributed by atoms with Crippen molar-refractivity contribution in [3.8, 4) is 0 Å². The van der Waals surface area contributed by atoms with Crippen LogP contribution in [0.25, 0.3) is 0 Å². The maximum absolute atomic E-state index is 6.96. The fourth-order valence-corrected chi connectivity index (χ4v) is 12.8. The van der Waals surface area contributed by atoms with Gasteiger partial charge in [0.05, 0.1) is 0 Å². The molecule has 0 aromatic heterocycles. The summed E-state index contributed by atoms with van der Waals surface area (Å²) in [4.78, 5) is 2.59. The van der Waals surface area contributed by atoms with Crippen molar-refractivity contribution in [2.75, 3.05) is 18.0 Å². The maximum atomic E-state index is 6.96. The summed E-state index contributed by atoms with van der Waals surface area (Å²) in [5, 5.41) is 3.87. The molecule has 35 heavy (non-hydrogen) atoms. The van der Waals surface area contributed by atoms with Gasteiger partial charge in [0.1, 0.15) is 10.2 Å². The Morgan fingerprint density at radius 3 is 2.00 bits per heavy atom. The van der Waals surface area contributed by atoms with Gasteiger partial charge in [-0.3, -0.25) is 0 Å². The van der Waals surface area contributed by atoms with Crippen LogP contribution in [0.15, 0.2) is 23.5 Å². The molecule has 1 aromatic rings. The Kier molecular flexibility index (Phi) is 8.33. The number of halogens is 2. The lowest BCUT2D eigenvalue weighted by atomic mass is 9.92. The lowest BCUT2D eigenvalue weighted by Crippen LogP contribution is -2.37. The zero-order valence-electron chi connectivity index (χ0n) is 22.1. The van der Waals surface area contributed by atoms with Crippen molar-refractivity contribution in [2.24, 2.45) is 0 Å². The van der Waals surface area contributed by atoms with E-state index < -0.39 is 4.33 Å². The Morgan fingerprint density at radius 2 is 1.43 bits per heavy atom. The van der Waals surface area contributed by atoms with Crippen LogP contribution in [0.4, 0.5) is 5.69 Å². The number of nitrogens with one attached hydrogen (secondary N) is 1. The number of hydrogen-bond donors (Lipinski definition) is 1. The van der Waals surface area contributed by atoms with Crippen molar-refractivity contribution >= 4 is 36.8 Å². The van der Waals surface area contributed by atoms with E-state index >= 15 is 0 Å².